The van der Waals surface area contributed by atoms with Gasteiger partial charge in [0.2, 0.25) is 0 Å². The first-order chi connectivity index (χ1) is 35.9. The Bertz CT molecular complexity index is 1500. The summed E-state index contributed by atoms with van der Waals surface area (Å²) < 4.78 is 67.5. The van der Waals surface area contributed by atoms with Gasteiger partial charge in [-0.25, -0.2) is 9.13 Å². The highest BCUT2D eigenvalue weighted by Crippen LogP contribution is 2.45. The first-order valence-electron chi connectivity index (χ1n) is 29.6. The van der Waals surface area contributed by atoms with Gasteiger partial charge in [0.05, 0.1) is 26.4 Å². The van der Waals surface area contributed by atoms with E-state index in [0.29, 0.717) is 25.7 Å². The van der Waals surface area contributed by atoms with E-state index in [9.17, 15) is 43.2 Å². The Morgan fingerprint density at radius 3 is 0.947 bits per heavy atom. The zero-order chi connectivity index (χ0) is 55.8. The molecule has 0 aromatic carbocycles. The van der Waals surface area contributed by atoms with E-state index >= 15 is 0 Å². The molecular formula is C56H108O17P2. The molecule has 444 valence electrons. The molecule has 0 fully saturated rings. The second-order valence-electron chi connectivity index (χ2n) is 20.8. The molecule has 0 aromatic heterocycles. The molecular weight excluding hydrogens is 1010 g/mol. The van der Waals surface area contributed by atoms with Crippen LogP contribution in [-0.4, -0.2) is 96.7 Å². The number of hydrogen-bond acceptors (Lipinski definition) is 15. The molecule has 17 nitrogen and oxygen atoms in total. The van der Waals surface area contributed by atoms with Crippen LogP contribution >= 0.6 is 15.6 Å². The molecule has 75 heavy (non-hydrogen) atoms. The lowest BCUT2D eigenvalue weighted by Gasteiger charge is -2.21. The van der Waals surface area contributed by atoms with Gasteiger partial charge in [-0.1, -0.05) is 215 Å². The van der Waals surface area contributed by atoms with Crippen LogP contribution in [-0.2, 0) is 65.4 Å². The van der Waals surface area contributed by atoms with Gasteiger partial charge in [0.1, 0.15) is 19.3 Å². The lowest BCUT2D eigenvalue weighted by molar-refractivity contribution is -0.161. The van der Waals surface area contributed by atoms with Crippen molar-refractivity contribution in [1.82, 2.24) is 0 Å². The van der Waals surface area contributed by atoms with Gasteiger partial charge in [-0.05, 0) is 37.5 Å². The predicted molar refractivity (Wildman–Crippen MR) is 294 cm³/mol. The fourth-order valence-corrected chi connectivity index (χ4v) is 9.63. The second kappa shape index (κ2) is 49.1. The first-order valence-corrected chi connectivity index (χ1v) is 32.6. The Balaban J connectivity index is 5.23. The van der Waals surface area contributed by atoms with Gasteiger partial charge in [0.25, 0.3) is 0 Å². The summed E-state index contributed by atoms with van der Waals surface area (Å²) in [5.74, 6) is -0.705. The molecule has 3 N–H and O–H groups in total. The Kier molecular flexibility index (Phi) is 47.9. The molecule has 0 rings (SSSR count). The summed E-state index contributed by atoms with van der Waals surface area (Å²) in [5, 5.41) is 10.5. The van der Waals surface area contributed by atoms with Crippen molar-refractivity contribution in [2.24, 2.45) is 11.8 Å². The number of phosphoric acid groups is 2. The molecule has 0 amide bonds. The molecule has 0 saturated heterocycles. The Labute approximate surface area is 454 Å². The number of ether oxygens (including phenoxy) is 4. The number of aliphatic hydroxyl groups excluding tert-OH is 1. The van der Waals surface area contributed by atoms with E-state index in [-0.39, 0.29) is 25.7 Å². The fourth-order valence-electron chi connectivity index (χ4n) is 8.05. The van der Waals surface area contributed by atoms with Crippen LogP contribution in [0.4, 0.5) is 0 Å². The molecule has 0 heterocycles. The van der Waals surface area contributed by atoms with Gasteiger partial charge in [-0.3, -0.25) is 37.3 Å². The highest BCUT2D eigenvalue weighted by Gasteiger charge is 2.30. The molecule has 0 radical (unpaired) electrons. The van der Waals surface area contributed by atoms with Gasteiger partial charge in [-0.15, -0.1) is 0 Å². The Morgan fingerprint density at radius 1 is 0.373 bits per heavy atom. The third-order valence-corrected chi connectivity index (χ3v) is 15.3. The Morgan fingerprint density at radius 2 is 0.640 bits per heavy atom. The number of rotatable bonds is 55. The van der Waals surface area contributed by atoms with Crippen molar-refractivity contribution < 1.29 is 80.2 Å². The van der Waals surface area contributed by atoms with Gasteiger partial charge in [0.15, 0.2) is 12.2 Å². The van der Waals surface area contributed by atoms with Crippen molar-refractivity contribution in [2.45, 2.75) is 285 Å². The first kappa shape index (κ1) is 73.1. The van der Waals surface area contributed by atoms with Crippen LogP contribution in [0.5, 0.6) is 0 Å². The Hall–Kier alpha value is -1.94. The van der Waals surface area contributed by atoms with Crippen molar-refractivity contribution >= 4 is 39.5 Å². The molecule has 19 heteroatoms. The maximum absolute atomic E-state index is 12.9. The summed E-state index contributed by atoms with van der Waals surface area (Å²) in [6.45, 7) is 9.27. The average Bonchev–Trinajstić information content (AvgIpc) is 3.38. The monoisotopic (exact) mass is 1110 g/mol. The molecule has 0 bridgehead atoms. The fraction of sp³-hybridized carbons (Fsp3) is 0.929. The summed E-state index contributed by atoms with van der Waals surface area (Å²) in [5.41, 5.74) is 0. The van der Waals surface area contributed by atoms with Gasteiger partial charge < -0.3 is 33.8 Å². The minimum atomic E-state index is -4.93. The van der Waals surface area contributed by atoms with Crippen LogP contribution in [0.1, 0.15) is 266 Å². The van der Waals surface area contributed by atoms with E-state index < -0.39 is 97.5 Å². The number of carbonyl (C=O) groups is 4. The quantitative estimate of drug-likeness (QED) is 0.0222. The topological polar surface area (TPSA) is 237 Å². The van der Waals surface area contributed by atoms with Crippen LogP contribution in [0.15, 0.2) is 0 Å². The third-order valence-electron chi connectivity index (χ3n) is 13.4. The molecule has 0 aromatic rings. The smallest absolute Gasteiger partial charge is 0.462 e. The van der Waals surface area contributed by atoms with Gasteiger partial charge in [0, 0.05) is 25.7 Å². The van der Waals surface area contributed by atoms with Crippen molar-refractivity contribution in [1.29, 1.82) is 0 Å². The van der Waals surface area contributed by atoms with Crippen LogP contribution in [0.25, 0.3) is 0 Å². The predicted octanol–water partition coefficient (Wildman–Crippen LogP) is 14.5. The average molecular weight is 1120 g/mol. The van der Waals surface area contributed by atoms with E-state index in [2.05, 4.69) is 41.5 Å². The lowest BCUT2D eigenvalue weighted by atomic mass is 10.00. The minimum Gasteiger partial charge on any atom is -0.462 e. The van der Waals surface area contributed by atoms with Crippen molar-refractivity contribution in [2.75, 3.05) is 39.6 Å². The minimum absolute atomic E-state index is 0.102. The van der Waals surface area contributed by atoms with E-state index in [0.717, 1.165) is 127 Å². The van der Waals surface area contributed by atoms with Crippen LogP contribution in [0.3, 0.4) is 0 Å². The summed E-state index contributed by atoms with van der Waals surface area (Å²) in [6.07, 6.45) is 28.2. The summed E-state index contributed by atoms with van der Waals surface area (Å²) >= 11 is 0. The highest BCUT2D eigenvalue weighted by atomic mass is 31.2. The van der Waals surface area contributed by atoms with E-state index in [1.165, 1.54) is 57.8 Å². The number of unbranched alkanes of at least 4 members (excludes halogenated alkanes) is 23. The number of aliphatic hydroxyl groups is 1. The summed E-state index contributed by atoms with van der Waals surface area (Å²) in [4.78, 5) is 71.6. The van der Waals surface area contributed by atoms with Crippen molar-refractivity contribution in [3.05, 3.63) is 0 Å². The van der Waals surface area contributed by atoms with Crippen molar-refractivity contribution in [3.63, 3.8) is 0 Å². The molecule has 0 aliphatic heterocycles. The summed E-state index contributed by atoms with van der Waals surface area (Å²) in [6, 6.07) is 0. The molecule has 0 spiro atoms. The second-order valence-corrected chi connectivity index (χ2v) is 23.7. The maximum atomic E-state index is 12.9. The zero-order valence-electron chi connectivity index (χ0n) is 47.8. The zero-order valence-corrected chi connectivity index (χ0v) is 49.6. The number of esters is 4. The third kappa shape index (κ3) is 48.9. The maximum Gasteiger partial charge on any atom is 0.472 e. The normalized spacial score (nSPS) is 15.3. The lowest BCUT2D eigenvalue weighted by Crippen LogP contribution is -2.30. The van der Waals surface area contributed by atoms with Crippen molar-refractivity contribution in [3.8, 4) is 0 Å². The molecule has 7 atom stereocenters. The molecule has 0 aliphatic rings. The molecule has 0 aliphatic carbocycles. The highest BCUT2D eigenvalue weighted by molar-refractivity contribution is 7.47. The van der Waals surface area contributed by atoms with Gasteiger partial charge >= 0.3 is 39.5 Å². The number of phosphoric ester groups is 2. The molecule has 4 unspecified atom stereocenters. The van der Waals surface area contributed by atoms with Crippen LogP contribution in [0, 0.1) is 11.8 Å². The standard InChI is InChI=1S/C56H108O17P2/c1-7-11-13-15-17-19-28-34-40-55(60)72-51(44-66-53(58)38-32-26-18-16-14-12-8-2)46-70-74(62,63)68-42-50(57)43-69-75(64,65)71-47-52(73-56(61)41-35-29-23-21-25-31-37-49(6)10-4)45-67-54(59)39-33-27-22-20-24-30-36-48(5)9-3/h48-52,57H,7-47H2,1-6H3,(H,62,63)(H,64,65)/t48?,49?,50-,51+,52+/m0/s1. The summed E-state index contributed by atoms with van der Waals surface area (Å²) in [7, 11) is -9.86. The van der Waals surface area contributed by atoms with Crippen LogP contribution in [0.2, 0.25) is 0 Å². The molecule has 0 saturated carbocycles. The van der Waals surface area contributed by atoms with E-state index in [1.54, 1.807) is 0 Å². The number of carbonyl (C=O) groups excluding carboxylic acids is 4. The number of hydrogen-bond donors (Lipinski definition) is 3. The van der Waals surface area contributed by atoms with Gasteiger partial charge in [-0.2, -0.15) is 0 Å². The van der Waals surface area contributed by atoms with E-state index in [4.69, 9.17) is 37.0 Å². The SMILES string of the molecule is CCCCCCCCCCC(=O)O[C@H](COC(=O)CCCCCCCCC)COP(=O)(O)OC[C@H](O)COP(=O)(O)OC[C@@H](COC(=O)CCCCCCCCC(C)CC)OC(=O)CCCCCCCCC(C)CC. The van der Waals surface area contributed by atoms with E-state index in [1.807, 2.05) is 0 Å². The largest absolute Gasteiger partial charge is 0.472 e. The van der Waals surface area contributed by atoms with Crippen LogP contribution < -0.4 is 0 Å².